The first-order valence-corrected chi connectivity index (χ1v) is 6.73. The number of hydrogen-bond acceptors (Lipinski definition) is 3. The summed E-state index contributed by atoms with van der Waals surface area (Å²) in [6, 6.07) is 0.433. The smallest absolute Gasteiger partial charge is 0.316 e. The second-order valence-electron chi connectivity index (χ2n) is 5.14. The third-order valence-corrected chi connectivity index (χ3v) is 3.74. The van der Waals surface area contributed by atoms with Crippen LogP contribution in [0.3, 0.4) is 0 Å². The summed E-state index contributed by atoms with van der Waals surface area (Å²) in [5.74, 6) is 0. The van der Waals surface area contributed by atoms with Gasteiger partial charge in [0.2, 0.25) is 0 Å². The number of hydrogen-bond donors (Lipinski definition) is 3. The maximum absolute atomic E-state index is 11.7. The molecule has 17 heavy (non-hydrogen) atoms. The van der Waals surface area contributed by atoms with Gasteiger partial charge in [-0.2, -0.15) is 0 Å². The summed E-state index contributed by atoms with van der Waals surface area (Å²) in [6.45, 7) is 2.90. The number of amides is 2. The topological polar surface area (TPSA) is 56.4 Å². The lowest BCUT2D eigenvalue weighted by atomic mass is 10.1. The molecule has 0 saturated carbocycles. The number of urea groups is 1. The molecule has 3 N–H and O–H groups in total. The molecule has 0 aromatic carbocycles. The van der Waals surface area contributed by atoms with Gasteiger partial charge in [-0.1, -0.05) is 0 Å². The van der Waals surface area contributed by atoms with Crippen molar-refractivity contribution >= 4 is 6.03 Å². The fraction of sp³-hybridized carbons (Fsp3) is 0.917. The zero-order valence-corrected chi connectivity index (χ0v) is 10.7. The number of likely N-dealkylation sites (tertiary alicyclic amines) is 1. The lowest BCUT2D eigenvalue weighted by Gasteiger charge is -2.32. The maximum Gasteiger partial charge on any atom is 0.316 e. The van der Waals surface area contributed by atoms with E-state index in [1.165, 1.54) is 25.7 Å². The molecule has 0 bridgehead atoms. The van der Waals surface area contributed by atoms with Crippen LogP contribution in [0.1, 0.15) is 32.1 Å². The van der Waals surface area contributed by atoms with Crippen molar-refractivity contribution in [3.63, 3.8) is 0 Å². The zero-order chi connectivity index (χ0) is 12.1. The van der Waals surface area contributed by atoms with E-state index in [1.54, 1.807) is 0 Å². The third kappa shape index (κ3) is 3.85. The number of nitrogens with one attached hydrogen (secondary N) is 3. The standard InChI is InChI=1S/C12H24N4O/c1-16-8-3-2-6-11(16)15-12(17)14-9-10-5-4-7-13-10/h10-11,13H,2-9H2,1H3,(H2,14,15,17). The second kappa shape index (κ2) is 6.21. The molecule has 2 atom stereocenters. The summed E-state index contributed by atoms with van der Waals surface area (Å²) in [5, 5.41) is 9.37. The fourth-order valence-corrected chi connectivity index (χ4v) is 2.61. The Kier molecular flexibility index (Phi) is 4.62. The van der Waals surface area contributed by atoms with Crippen molar-refractivity contribution in [2.45, 2.75) is 44.3 Å². The van der Waals surface area contributed by atoms with Gasteiger partial charge in [0, 0.05) is 12.6 Å². The van der Waals surface area contributed by atoms with Crippen LogP contribution >= 0.6 is 0 Å². The van der Waals surface area contributed by atoms with Crippen molar-refractivity contribution in [2.24, 2.45) is 0 Å². The van der Waals surface area contributed by atoms with E-state index in [0.29, 0.717) is 6.04 Å². The summed E-state index contributed by atoms with van der Waals surface area (Å²) in [5.41, 5.74) is 0. The van der Waals surface area contributed by atoms with E-state index in [1.807, 2.05) is 0 Å². The maximum atomic E-state index is 11.7. The molecule has 2 aliphatic heterocycles. The molecule has 0 aromatic heterocycles. The molecule has 2 fully saturated rings. The van der Waals surface area contributed by atoms with Crippen molar-refractivity contribution in [2.75, 3.05) is 26.7 Å². The predicted octanol–water partition coefficient (Wildman–Crippen LogP) is 0.479. The second-order valence-corrected chi connectivity index (χ2v) is 5.14. The zero-order valence-electron chi connectivity index (χ0n) is 10.7. The molecule has 5 nitrogen and oxygen atoms in total. The molecule has 2 rings (SSSR count). The average Bonchev–Trinajstić information content (AvgIpc) is 2.82. The number of carbonyl (C=O) groups excluding carboxylic acids is 1. The van der Waals surface area contributed by atoms with E-state index in [-0.39, 0.29) is 12.2 Å². The van der Waals surface area contributed by atoms with Crippen LogP contribution in [0.5, 0.6) is 0 Å². The molecule has 0 aliphatic carbocycles. The number of piperidine rings is 1. The van der Waals surface area contributed by atoms with Gasteiger partial charge in [-0.05, 0) is 52.2 Å². The van der Waals surface area contributed by atoms with Gasteiger partial charge in [0.1, 0.15) is 0 Å². The number of nitrogens with zero attached hydrogens (tertiary/aromatic N) is 1. The van der Waals surface area contributed by atoms with Crippen molar-refractivity contribution in [3.8, 4) is 0 Å². The van der Waals surface area contributed by atoms with Crippen LogP contribution in [0.25, 0.3) is 0 Å². The molecule has 2 unspecified atom stereocenters. The Morgan fingerprint density at radius 2 is 2.24 bits per heavy atom. The van der Waals surface area contributed by atoms with Gasteiger partial charge in [0.25, 0.3) is 0 Å². The third-order valence-electron chi connectivity index (χ3n) is 3.74. The highest BCUT2D eigenvalue weighted by Crippen LogP contribution is 2.12. The Balaban J connectivity index is 1.65. The molecule has 2 saturated heterocycles. The minimum Gasteiger partial charge on any atom is -0.337 e. The van der Waals surface area contributed by atoms with Gasteiger partial charge in [0.05, 0.1) is 6.17 Å². The van der Waals surface area contributed by atoms with E-state index >= 15 is 0 Å². The minimum atomic E-state index is -0.0301. The highest BCUT2D eigenvalue weighted by Gasteiger charge is 2.21. The van der Waals surface area contributed by atoms with Crippen LogP contribution < -0.4 is 16.0 Å². The number of carbonyl (C=O) groups is 1. The van der Waals surface area contributed by atoms with E-state index < -0.39 is 0 Å². The normalized spacial score (nSPS) is 30.2. The highest BCUT2D eigenvalue weighted by molar-refractivity contribution is 5.74. The van der Waals surface area contributed by atoms with Gasteiger partial charge in [-0.25, -0.2) is 4.79 Å². The van der Waals surface area contributed by atoms with Crippen molar-refractivity contribution in [1.29, 1.82) is 0 Å². The summed E-state index contributed by atoms with van der Waals surface area (Å²) in [4.78, 5) is 14.0. The molecular weight excluding hydrogens is 216 g/mol. The monoisotopic (exact) mass is 240 g/mol. The molecule has 0 spiro atoms. The summed E-state index contributed by atoms with van der Waals surface area (Å²) >= 11 is 0. The van der Waals surface area contributed by atoms with Crippen LogP contribution in [-0.2, 0) is 0 Å². The van der Waals surface area contributed by atoms with Gasteiger partial charge in [0.15, 0.2) is 0 Å². The average molecular weight is 240 g/mol. The largest absolute Gasteiger partial charge is 0.337 e. The summed E-state index contributed by atoms with van der Waals surface area (Å²) < 4.78 is 0. The van der Waals surface area contributed by atoms with Crippen LogP contribution in [-0.4, -0.2) is 49.8 Å². The van der Waals surface area contributed by atoms with E-state index in [9.17, 15) is 4.79 Å². The quantitative estimate of drug-likeness (QED) is 0.672. The van der Waals surface area contributed by atoms with Crippen LogP contribution in [0.4, 0.5) is 4.79 Å². The Labute approximate surface area is 103 Å². The lowest BCUT2D eigenvalue weighted by Crippen LogP contribution is -2.53. The van der Waals surface area contributed by atoms with Gasteiger partial charge < -0.3 is 16.0 Å². The first kappa shape index (κ1) is 12.6. The van der Waals surface area contributed by atoms with Crippen molar-refractivity contribution < 1.29 is 4.79 Å². The van der Waals surface area contributed by atoms with Crippen molar-refractivity contribution in [1.82, 2.24) is 20.9 Å². The lowest BCUT2D eigenvalue weighted by molar-refractivity contribution is 0.154. The molecule has 2 aliphatic rings. The molecule has 0 aromatic rings. The predicted molar refractivity (Wildman–Crippen MR) is 67.8 cm³/mol. The Morgan fingerprint density at radius 1 is 1.35 bits per heavy atom. The first-order chi connectivity index (χ1) is 8.25. The molecule has 2 amide bonds. The summed E-state index contributed by atoms with van der Waals surface area (Å²) in [6.07, 6.45) is 6.11. The molecular formula is C12H24N4O. The first-order valence-electron chi connectivity index (χ1n) is 6.73. The molecule has 2 heterocycles. The van der Waals surface area contributed by atoms with Crippen LogP contribution in [0.15, 0.2) is 0 Å². The van der Waals surface area contributed by atoms with Crippen LogP contribution in [0, 0.1) is 0 Å². The minimum absolute atomic E-state index is 0.0301. The number of rotatable bonds is 3. The highest BCUT2D eigenvalue weighted by atomic mass is 16.2. The Morgan fingerprint density at radius 3 is 2.94 bits per heavy atom. The Hall–Kier alpha value is -0.810. The summed E-state index contributed by atoms with van der Waals surface area (Å²) in [7, 11) is 2.07. The van der Waals surface area contributed by atoms with Gasteiger partial charge >= 0.3 is 6.03 Å². The molecule has 98 valence electrons. The van der Waals surface area contributed by atoms with E-state index in [0.717, 1.165) is 26.1 Å². The van der Waals surface area contributed by atoms with Crippen LogP contribution in [0.2, 0.25) is 0 Å². The molecule has 0 radical (unpaired) electrons. The Bertz CT molecular complexity index is 253. The van der Waals surface area contributed by atoms with E-state index in [4.69, 9.17) is 0 Å². The SMILES string of the molecule is CN1CCCCC1NC(=O)NCC1CCCN1. The fourth-order valence-electron chi connectivity index (χ4n) is 2.61. The van der Waals surface area contributed by atoms with Gasteiger partial charge in [-0.3, -0.25) is 4.90 Å². The van der Waals surface area contributed by atoms with Crippen molar-refractivity contribution in [3.05, 3.63) is 0 Å². The van der Waals surface area contributed by atoms with E-state index in [2.05, 4.69) is 27.9 Å². The van der Waals surface area contributed by atoms with Gasteiger partial charge in [-0.15, -0.1) is 0 Å². The molecule has 5 heteroatoms.